The van der Waals surface area contributed by atoms with E-state index in [4.69, 9.17) is 10.5 Å². The summed E-state index contributed by atoms with van der Waals surface area (Å²) in [5.74, 6) is -2.42. The Labute approximate surface area is 160 Å². The predicted octanol–water partition coefficient (Wildman–Crippen LogP) is 1.88. The molecular formula is C11H9I3N2O5. The van der Waals surface area contributed by atoms with Crippen LogP contribution >= 0.6 is 67.8 Å². The number of nitrogens with two attached hydrogens (primary N) is 1. The summed E-state index contributed by atoms with van der Waals surface area (Å²) in [5, 5.41) is 11.8. The number of rotatable bonds is 5. The van der Waals surface area contributed by atoms with Crippen molar-refractivity contribution < 1.29 is 24.2 Å². The van der Waals surface area contributed by atoms with Crippen molar-refractivity contribution in [3.05, 3.63) is 21.8 Å². The lowest BCUT2D eigenvalue weighted by molar-refractivity contribution is -0.119. The van der Waals surface area contributed by atoms with Gasteiger partial charge in [0, 0.05) is 10.7 Å². The maximum atomic E-state index is 11.7. The molecule has 0 fully saturated rings. The molecule has 7 nitrogen and oxygen atoms in total. The second-order valence-electron chi connectivity index (χ2n) is 3.72. The summed E-state index contributed by atoms with van der Waals surface area (Å²) < 4.78 is 5.66. The highest BCUT2D eigenvalue weighted by atomic mass is 127. The standard InChI is InChI=1S/C11H9I3N2O5/c1-21-2-3(17)16-9-7(13)4(10(15)18)6(12)5(8(9)14)11(19)20/h2H2,1H3,(H2,15,18)(H,16,17)(H,19,20). The zero-order valence-corrected chi connectivity index (χ0v) is 17.0. The first kappa shape index (κ1) is 18.8. The van der Waals surface area contributed by atoms with Gasteiger partial charge in [0.05, 0.1) is 24.0 Å². The molecule has 0 saturated carbocycles. The summed E-state index contributed by atoms with van der Waals surface area (Å²) in [7, 11) is 1.36. The Morgan fingerprint density at radius 3 is 2.10 bits per heavy atom. The van der Waals surface area contributed by atoms with Gasteiger partial charge in [0.2, 0.25) is 5.91 Å². The molecule has 10 heteroatoms. The molecule has 114 valence electrons. The predicted molar refractivity (Wildman–Crippen MR) is 101 cm³/mol. The molecule has 0 bridgehead atoms. The van der Waals surface area contributed by atoms with Crippen LogP contribution in [-0.4, -0.2) is 36.6 Å². The van der Waals surface area contributed by atoms with Gasteiger partial charge in [-0.1, -0.05) is 0 Å². The van der Waals surface area contributed by atoms with E-state index in [-0.39, 0.29) is 27.0 Å². The van der Waals surface area contributed by atoms with Gasteiger partial charge in [-0.25, -0.2) is 4.79 Å². The van der Waals surface area contributed by atoms with Gasteiger partial charge in [-0.15, -0.1) is 0 Å². The molecule has 0 aliphatic carbocycles. The molecule has 0 heterocycles. The topological polar surface area (TPSA) is 119 Å². The van der Waals surface area contributed by atoms with E-state index in [2.05, 4.69) is 5.32 Å². The van der Waals surface area contributed by atoms with Crippen LogP contribution in [-0.2, 0) is 9.53 Å². The number of amides is 2. The van der Waals surface area contributed by atoms with Crippen LogP contribution in [0.2, 0.25) is 0 Å². The van der Waals surface area contributed by atoms with Crippen LogP contribution in [0.15, 0.2) is 0 Å². The number of anilines is 1. The summed E-state index contributed by atoms with van der Waals surface area (Å²) >= 11 is 5.42. The minimum atomic E-state index is -1.20. The third-order valence-electron chi connectivity index (χ3n) is 2.32. The maximum absolute atomic E-state index is 11.7. The first-order valence-corrected chi connectivity index (χ1v) is 8.48. The highest BCUT2D eigenvalue weighted by molar-refractivity contribution is 14.1. The monoisotopic (exact) mass is 630 g/mol. The van der Waals surface area contributed by atoms with E-state index in [0.29, 0.717) is 7.14 Å². The van der Waals surface area contributed by atoms with Crippen molar-refractivity contribution in [3.8, 4) is 0 Å². The van der Waals surface area contributed by atoms with Crippen LogP contribution in [0.5, 0.6) is 0 Å². The molecule has 1 aromatic rings. The maximum Gasteiger partial charge on any atom is 0.337 e. The summed E-state index contributed by atoms with van der Waals surface area (Å²) in [6, 6.07) is 0. The van der Waals surface area contributed by atoms with Crippen molar-refractivity contribution in [1.29, 1.82) is 0 Å². The number of carboxylic acid groups (broad SMARTS) is 1. The van der Waals surface area contributed by atoms with Crippen molar-refractivity contribution in [2.45, 2.75) is 0 Å². The lowest BCUT2D eigenvalue weighted by atomic mass is 10.1. The van der Waals surface area contributed by atoms with Crippen molar-refractivity contribution in [2.24, 2.45) is 5.73 Å². The van der Waals surface area contributed by atoms with Crippen LogP contribution in [0.3, 0.4) is 0 Å². The van der Waals surface area contributed by atoms with Crippen LogP contribution in [0.1, 0.15) is 20.7 Å². The highest BCUT2D eigenvalue weighted by Crippen LogP contribution is 2.35. The summed E-state index contributed by atoms with van der Waals surface area (Å²) in [5.41, 5.74) is 5.55. The van der Waals surface area contributed by atoms with Crippen molar-refractivity contribution in [1.82, 2.24) is 0 Å². The Morgan fingerprint density at radius 2 is 1.67 bits per heavy atom. The molecule has 1 aromatic carbocycles. The number of hydrogen-bond acceptors (Lipinski definition) is 4. The molecule has 1 rings (SSSR count). The molecule has 0 aliphatic heterocycles. The number of halogens is 3. The Balaban J connectivity index is 3.60. The fraction of sp³-hybridized carbons (Fsp3) is 0.182. The fourth-order valence-electron chi connectivity index (χ4n) is 1.48. The van der Waals surface area contributed by atoms with E-state index in [0.717, 1.165) is 0 Å². The molecule has 0 saturated heterocycles. The second-order valence-corrected chi connectivity index (χ2v) is 6.95. The van der Waals surface area contributed by atoms with E-state index in [1.54, 1.807) is 22.6 Å². The van der Waals surface area contributed by atoms with Crippen LogP contribution in [0, 0.1) is 10.7 Å². The van der Waals surface area contributed by atoms with E-state index in [1.807, 2.05) is 45.2 Å². The van der Waals surface area contributed by atoms with Crippen LogP contribution in [0.25, 0.3) is 0 Å². The Bertz CT molecular complexity index is 592. The third-order valence-corrected chi connectivity index (χ3v) is 5.55. The molecule has 0 radical (unpaired) electrons. The van der Waals surface area contributed by atoms with Crippen LogP contribution < -0.4 is 11.1 Å². The highest BCUT2D eigenvalue weighted by Gasteiger charge is 2.27. The number of ether oxygens (including phenoxy) is 1. The molecule has 0 aliphatic rings. The number of carbonyl (C=O) groups is 3. The van der Waals surface area contributed by atoms with E-state index >= 15 is 0 Å². The molecule has 2 amide bonds. The van der Waals surface area contributed by atoms with Gasteiger partial charge in [-0.2, -0.15) is 0 Å². The van der Waals surface area contributed by atoms with E-state index in [9.17, 15) is 19.5 Å². The summed E-state index contributed by atoms with van der Waals surface area (Å²) in [4.78, 5) is 34.6. The van der Waals surface area contributed by atoms with Crippen LogP contribution in [0.4, 0.5) is 5.69 Å². The average Bonchev–Trinajstić information content (AvgIpc) is 2.33. The Kier molecular flexibility index (Phi) is 7.05. The number of hydrogen-bond donors (Lipinski definition) is 3. The molecule has 0 spiro atoms. The van der Waals surface area contributed by atoms with Gasteiger partial charge in [0.1, 0.15) is 6.61 Å². The lowest BCUT2D eigenvalue weighted by Crippen LogP contribution is -2.24. The molecule has 0 unspecified atom stereocenters. The van der Waals surface area contributed by atoms with Crippen molar-refractivity contribution >= 4 is 91.2 Å². The molecule has 21 heavy (non-hydrogen) atoms. The van der Waals surface area contributed by atoms with Gasteiger partial charge in [0.25, 0.3) is 5.91 Å². The second kappa shape index (κ2) is 7.87. The largest absolute Gasteiger partial charge is 0.478 e. The van der Waals surface area contributed by atoms with Gasteiger partial charge in [-0.05, 0) is 67.8 Å². The first-order chi connectivity index (χ1) is 9.72. The molecular weight excluding hydrogens is 621 g/mol. The fourth-order valence-corrected chi connectivity index (χ4v) is 5.91. The van der Waals surface area contributed by atoms with Gasteiger partial charge >= 0.3 is 5.97 Å². The first-order valence-electron chi connectivity index (χ1n) is 5.24. The number of methoxy groups -OCH3 is 1. The minimum Gasteiger partial charge on any atom is -0.478 e. The normalized spacial score (nSPS) is 10.3. The molecule has 0 aromatic heterocycles. The van der Waals surface area contributed by atoms with E-state index < -0.39 is 17.8 Å². The Morgan fingerprint density at radius 1 is 1.14 bits per heavy atom. The number of carboxylic acids is 1. The number of carbonyl (C=O) groups excluding carboxylic acids is 2. The summed E-state index contributed by atoms with van der Waals surface area (Å²) in [6.07, 6.45) is 0. The van der Waals surface area contributed by atoms with Crippen molar-refractivity contribution in [3.63, 3.8) is 0 Å². The number of aromatic carboxylic acids is 1. The Hall–Kier alpha value is -0.220. The number of benzene rings is 1. The smallest absolute Gasteiger partial charge is 0.337 e. The third kappa shape index (κ3) is 4.16. The number of primary amides is 1. The molecule has 0 atom stereocenters. The zero-order chi connectivity index (χ0) is 16.3. The van der Waals surface area contributed by atoms with Gasteiger partial charge < -0.3 is 20.9 Å². The SMILES string of the molecule is COCC(=O)Nc1c(I)c(C(N)=O)c(I)c(C(=O)O)c1I. The lowest BCUT2D eigenvalue weighted by Gasteiger charge is -2.16. The quantitative estimate of drug-likeness (QED) is 0.430. The van der Waals surface area contributed by atoms with Gasteiger partial charge in [0.15, 0.2) is 0 Å². The minimum absolute atomic E-state index is 0.0710. The van der Waals surface area contributed by atoms with Gasteiger partial charge in [-0.3, -0.25) is 9.59 Å². The van der Waals surface area contributed by atoms with Crippen molar-refractivity contribution in [2.75, 3.05) is 19.0 Å². The summed E-state index contributed by atoms with van der Waals surface area (Å²) in [6.45, 7) is -0.188. The average molecular weight is 630 g/mol. The number of nitrogens with one attached hydrogen (secondary N) is 1. The van der Waals surface area contributed by atoms with E-state index in [1.165, 1.54) is 7.11 Å². The molecule has 4 N–H and O–H groups in total. The zero-order valence-electron chi connectivity index (χ0n) is 10.5.